The van der Waals surface area contributed by atoms with Crippen LogP contribution in [0.4, 0.5) is 0 Å². The second kappa shape index (κ2) is 7.00. The molecule has 9 heteroatoms. The normalized spacial score (nSPS) is 20.1. The van der Waals surface area contributed by atoms with Crippen LogP contribution in [-0.2, 0) is 24.3 Å². The number of carboxylic acid groups (broad SMARTS) is 1. The number of likely N-dealkylation sites (N-methyl/N-ethyl adjacent to an activating group) is 1. The molecule has 0 aromatic carbocycles. The molecule has 1 heterocycles. The molecule has 1 aliphatic heterocycles. The third-order valence-electron chi connectivity index (χ3n) is 3.16. The summed E-state index contributed by atoms with van der Waals surface area (Å²) in [5.41, 5.74) is 0. The number of hydrogen-bond acceptors (Lipinski definition) is 5. The molecule has 20 heavy (non-hydrogen) atoms. The Hall–Kier alpha value is -1.19. The minimum Gasteiger partial charge on any atom is -0.481 e. The smallest absolute Gasteiger partial charge is 0.305 e. The molecule has 0 saturated carbocycles. The number of ether oxygens (including phenoxy) is 1. The highest BCUT2D eigenvalue weighted by Gasteiger charge is 2.30. The third-order valence-corrected chi connectivity index (χ3v) is 4.96. The van der Waals surface area contributed by atoms with Crippen molar-refractivity contribution < 1.29 is 27.9 Å². The first-order valence-corrected chi connectivity index (χ1v) is 7.92. The number of morpholine rings is 1. The fourth-order valence-corrected chi connectivity index (χ4v) is 2.70. The van der Waals surface area contributed by atoms with E-state index in [1.165, 1.54) is 18.9 Å². The lowest BCUT2D eigenvalue weighted by Gasteiger charge is -2.35. The van der Waals surface area contributed by atoms with Crippen molar-refractivity contribution >= 4 is 21.9 Å². The van der Waals surface area contributed by atoms with Gasteiger partial charge in [0.05, 0.1) is 38.0 Å². The van der Waals surface area contributed by atoms with Crippen molar-refractivity contribution in [2.45, 2.75) is 19.4 Å². The molecule has 8 nitrogen and oxygen atoms in total. The minimum absolute atomic E-state index is 0.0849. The van der Waals surface area contributed by atoms with Crippen LogP contribution in [0.5, 0.6) is 0 Å². The average molecular weight is 308 g/mol. The van der Waals surface area contributed by atoms with Crippen LogP contribution in [0.15, 0.2) is 0 Å². The molecule has 1 saturated heterocycles. The van der Waals surface area contributed by atoms with E-state index in [-0.39, 0.29) is 31.9 Å². The Morgan fingerprint density at radius 3 is 2.65 bits per heavy atom. The van der Waals surface area contributed by atoms with Gasteiger partial charge < -0.3 is 14.7 Å². The number of carbonyl (C=O) groups excluding carboxylic acids is 1. The summed E-state index contributed by atoms with van der Waals surface area (Å²) in [6, 6.07) is -0.550. The third kappa shape index (κ3) is 4.43. The Balaban J connectivity index is 2.71. The fraction of sp³-hybridized carbons (Fsp3) is 0.818. The molecule has 1 N–H and O–H groups in total. The number of carboxylic acids is 1. The van der Waals surface area contributed by atoms with Gasteiger partial charge >= 0.3 is 5.97 Å². The molecule has 0 bridgehead atoms. The van der Waals surface area contributed by atoms with E-state index in [0.717, 1.165) is 4.31 Å². The highest BCUT2D eigenvalue weighted by molar-refractivity contribution is 7.89. The molecule has 1 aliphatic rings. The monoisotopic (exact) mass is 308 g/mol. The molecule has 1 amide bonds. The molecule has 0 spiro atoms. The molecule has 1 atom stereocenters. The maximum atomic E-state index is 12.1. The summed E-state index contributed by atoms with van der Waals surface area (Å²) in [4.78, 5) is 24.3. The Bertz CT molecular complexity index is 464. The lowest BCUT2D eigenvalue weighted by molar-refractivity contribution is -0.146. The minimum atomic E-state index is -3.43. The maximum absolute atomic E-state index is 12.1. The number of amides is 1. The van der Waals surface area contributed by atoms with Gasteiger partial charge in [-0.2, -0.15) is 4.31 Å². The zero-order valence-electron chi connectivity index (χ0n) is 11.6. The molecule has 1 rings (SSSR count). The maximum Gasteiger partial charge on any atom is 0.305 e. The first kappa shape index (κ1) is 16.9. The van der Waals surface area contributed by atoms with E-state index in [1.807, 2.05) is 0 Å². The number of carbonyl (C=O) groups is 2. The molecule has 0 aromatic heterocycles. The van der Waals surface area contributed by atoms with E-state index in [2.05, 4.69) is 0 Å². The van der Waals surface area contributed by atoms with Gasteiger partial charge in [-0.25, -0.2) is 8.42 Å². The van der Waals surface area contributed by atoms with Crippen molar-refractivity contribution in [3.63, 3.8) is 0 Å². The zero-order chi connectivity index (χ0) is 15.3. The molecule has 116 valence electrons. The van der Waals surface area contributed by atoms with Gasteiger partial charge in [-0.05, 0) is 6.92 Å². The van der Waals surface area contributed by atoms with Crippen molar-refractivity contribution in [2.24, 2.45) is 0 Å². The molecule has 1 fully saturated rings. The highest BCUT2D eigenvalue weighted by atomic mass is 32.2. The predicted molar refractivity (Wildman–Crippen MR) is 70.7 cm³/mol. The largest absolute Gasteiger partial charge is 0.481 e. The first-order chi connectivity index (χ1) is 9.27. The van der Waals surface area contributed by atoms with E-state index in [9.17, 15) is 18.0 Å². The molecule has 0 aromatic rings. The van der Waals surface area contributed by atoms with Crippen LogP contribution in [0, 0.1) is 0 Å². The lowest BCUT2D eigenvalue weighted by Crippen LogP contribution is -2.52. The van der Waals surface area contributed by atoms with Crippen LogP contribution < -0.4 is 0 Å². The molecule has 0 radical (unpaired) electrons. The average Bonchev–Trinajstić information content (AvgIpc) is 2.38. The predicted octanol–water partition coefficient (Wildman–Crippen LogP) is -1.03. The number of hydrogen-bond donors (Lipinski definition) is 1. The van der Waals surface area contributed by atoms with Crippen molar-refractivity contribution in [3.05, 3.63) is 0 Å². The summed E-state index contributed by atoms with van der Waals surface area (Å²) >= 11 is 0. The van der Waals surface area contributed by atoms with E-state index < -0.39 is 27.9 Å². The SMILES string of the molecule is CCS(=O)(=O)N(C)CC(=O)N1CCOCC1CC(=O)O. The van der Waals surface area contributed by atoms with Crippen molar-refractivity contribution in [1.82, 2.24) is 9.21 Å². The van der Waals surface area contributed by atoms with Gasteiger partial charge in [0.1, 0.15) is 0 Å². The quantitative estimate of drug-likeness (QED) is 0.673. The summed E-state index contributed by atoms with van der Waals surface area (Å²) in [5.74, 6) is -1.51. The number of rotatable bonds is 6. The van der Waals surface area contributed by atoms with E-state index >= 15 is 0 Å². The van der Waals surface area contributed by atoms with Gasteiger partial charge in [0.25, 0.3) is 0 Å². The number of nitrogens with zero attached hydrogens (tertiary/aromatic N) is 2. The van der Waals surface area contributed by atoms with Gasteiger partial charge in [-0.3, -0.25) is 9.59 Å². The van der Waals surface area contributed by atoms with Gasteiger partial charge in [-0.1, -0.05) is 0 Å². The van der Waals surface area contributed by atoms with Crippen LogP contribution in [-0.4, -0.2) is 79.8 Å². The summed E-state index contributed by atoms with van der Waals surface area (Å²) in [7, 11) is -2.10. The van der Waals surface area contributed by atoms with Crippen LogP contribution in [0.25, 0.3) is 0 Å². The lowest BCUT2D eigenvalue weighted by atomic mass is 10.1. The van der Waals surface area contributed by atoms with E-state index in [4.69, 9.17) is 9.84 Å². The Morgan fingerprint density at radius 1 is 1.45 bits per heavy atom. The summed E-state index contributed by atoms with van der Waals surface area (Å²) in [6.45, 7) is 1.97. The first-order valence-electron chi connectivity index (χ1n) is 6.31. The van der Waals surface area contributed by atoms with Crippen molar-refractivity contribution in [1.29, 1.82) is 0 Å². The van der Waals surface area contributed by atoms with E-state index in [0.29, 0.717) is 6.61 Å². The van der Waals surface area contributed by atoms with E-state index in [1.54, 1.807) is 0 Å². The summed E-state index contributed by atoms with van der Waals surface area (Å²) < 4.78 is 29.4. The summed E-state index contributed by atoms with van der Waals surface area (Å²) in [6.07, 6.45) is -0.212. The van der Waals surface area contributed by atoms with Crippen molar-refractivity contribution in [3.8, 4) is 0 Å². The zero-order valence-corrected chi connectivity index (χ0v) is 12.4. The van der Waals surface area contributed by atoms with Gasteiger partial charge in [0, 0.05) is 13.6 Å². The second-order valence-electron chi connectivity index (χ2n) is 4.57. The molecular weight excluding hydrogens is 288 g/mol. The Morgan fingerprint density at radius 2 is 2.10 bits per heavy atom. The molecule has 1 unspecified atom stereocenters. The van der Waals surface area contributed by atoms with Crippen molar-refractivity contribution in [2.75, 3.05) is 39.1 Å². The van der Waals surface area contributed by atoms with Gasteiger partial charge in [0.15, 0.2) is 0 Å². The van der Waals surface area contributed by atoms with Gasteiger partial charge in [0.2, 0.25) is 15.9 Å². The summed E-state index contributed by atoms with van der Waals surface area (Å²) in [5, 5.41) is 8.81. The Kier molecular flexibility index (Phi) is 5.90. The molecular formula is C11H20N2O6S. The topological polar surface area (TPSA) is 104 Å². The van der Waals surface area contributed by atoms with Gasteiger partial charge in [-0.15, -0.1) is 0 Å². The molecule has 0 aliphatic carbocycles. The van der Waals surface area contributed by atoms with Crippen LogP contribution in [0.3, 0.4) is 0 Å². The van der Waals surface area contributed by atoms with Crippen LogP contribution >= 0.6 is 0 Å². The highest BCUT2D eigenvalue weighted by Crippen LogP contribution is 2.12. The van der Waals surface area contributed by atoms with Crippen LogP contribution in [0.1, 0.15) is 13.3 Å². The number of sulfonamides is 1. The fourth-order valence-electron chi connectivity index (χ4n) is 1.95. The van der Waals surface area contributed by atoms with Crippen LogP contribution in [0.2, 0.25) is 0 Å². The Labute approximate surface area is 118 Å². The number of aliphatic carboxylic acids is 1. The standard InChI is InChI=1S/C11H20N2O6S/c1-3-20(17,18)12(2)7-10(14)13-4-5-19-8-9(13)6-11(15)16/h9H,3-8H2,1-2H3,(H,15,16). The second-order valence-corrected chi connectivity index (χ2v) is 6.93.